The number of benzene rings is 4. The number of rotatable bonds is 21. The van der Waals surface area contributed by atoms with E-state index in [4.69, 9.17) is 97.8 Å². The lowest BCUT2D eigenvalue weighted by Gasteiger charge is -2.42. The summed E-state index contributed by atoms with van der Waals surface area (Å²) in [7, 11) is 5.88. The van der Waals surface area contributed by atoms with Gasteiger partial charge in [0, 0.05) is 124 Å². The van der Waals surface area contributed by atoms with Crippen molar-refractivity contribution in [3.63, 3.8) is 0 Å². The van der Waals surface area contributed by atoms with Gasteiger partial charge in [0.1, 0.15) is 51.3 Å². The Labute approximate surface area is 719 Å². The highest BCUT2D eigenvalue weighted by Gasteiger charge is 2.53. The molecule has 2 saturated heterocycles. The molecule has 2 heterocycles. The molecule has 4 aromatic carbocycles. The number of alkyl halides is 5. The molecule has 0 radical (unpaired) electrons. The number of fused-ring (bicyclic) bond motifs is 6. The standard InChI is InChI=1S/C31H37N3O11S.C27H29NO10.C13H25BrO2.C4H10N2OS.CCl4.Br2/c1-12-25(36)15(32)7-20(44-12)45-18-9-31(42,19(35)11-46-10-16(34-2)30(33)41)8-14-22(18)29(40)24-23(27(14)38)26(37)13-5-4-6-17(43-3)21(13)28(24)39;1-10-22(30)14(28)7-17(37-10)38-16-9-27(35,11(2)29)8-13-19(16)26(34)21-20(24(13)32)23(31)12-5-4-6-15(36-3)18(12)25(21)33;1-11(2,3)8-13(16,10(15)7-14)9-12(4,5)6;1-6-3(2-8)4(5)7;2-1(3,4)5;1-2/h4-6,12,15-16,18,20,25,34,36,38,40,42H,7-11,32H2,1-3H3,(H2,33,41);4-6,10,14,16-17,22,30,32,34-35H,7-9,28H2,1-3H3;16H,7-9H2,1-6H3;3,6,8H,2H2,1H3,(H2,5,7);;/t12?,15?,16-,18-,20?,25?,31-;10?,14?,16-,17?,22?,27-;;3-;;/m00.0../s1. The Morgan fingerprint density at radius 2 is 0.991 bits per heavy atom. The van der Waals surface area contributed by atoms with Crippen molar-refractivity contribution in [3.8, 4) is 34.5 Å². The number of carbonyl (C=O) groups excluding carboxylic acids is 9. The molecule has 0 spiro atoms. The largest absolute Gasteiger partial charge is 0.507 e. The summed E-state index contributed by atoms with van der Waals surface area (Å²) in [4.78, 5) is 114. The average Bonchev–Trinajstić information content (AvgIpc) is 0.715. The van der Waals surface area contributed by atoms with Gasteiger partial charge in [0.25, 0.3) is 3.25 Å². The zero-order valence-electron chi connectivity index (χ0n) is 65.3. The number of primary amides is 2. The number of nitrogens with two attached hydrogens (primary N) is 4. The molecule has 0 saturated carbocycles. The average molecular weight is 1930 g/mol. The van der Waals surface area contributed by atoms with Crippen LogP contribution in [0, 0.1) is 10.8 Å². The zero-order valence-corrected chi connectivity index (χ0v) is 74.8. The van der Waals surface area contributed by atoms with Gasteiger partial charge in [-0.15, -0.1) is 0 Å². The summed E-state index contributed by atoms with van der Waals surface area (Å²) in [6, 6.07) is 6.37. The van der Waals surface area contributed by atoms with Gasteiger partial charge in [-0.25, -0.2) is 0 Å². The Hall–Kier alpha value is -4.91. The Morgan fingerprint density at radius 1 is 0.635 bits per heavy atom. The number of thioether (sulfide) groups is 1. The first kappa shape index (κ1) is 101. The molecular weight excluding hydrogens is 1830 g/mol. The molecule has 10 rings (SSSR count). The van der Waals surface area contributed by atoms with Crippen LogP contribution < -0.4 is 43.0 Å². The number of likely N-dealkylation sites (N-methyl/N-ethyl adjacent to an activating group) is 2. The number of halogens is 7. The molecule has 4 aromatic rings. The number of hydrogen-bond donors (Lipinski definition) is 16. The first-order valence-corrected chi connectivity index (χ1v) is 43.9. The van der Waals surface area contributed by atoms with Gasteiger partial charge in [0.2, 0.25) is 23.4 Å². The number of amides is 2. The minimum absolute atomic E-state index is 0.0117. The van der Waals surface area contributed by atoms with Crippen molar-refractivity contribution in [2.45, 2.75) is 207 Å². The Bertz CT molecular complexity index is 4220. The van der Waals surface area contributed by atoms with Crippen molar-refractivity contribution < 1.29 is 118 Å². The van der Waals surface area contributed by atoms with E-state index in [9.17, 15) is 89.1 Å². The second-order valence-corrected chi connectivity index (χ2v) is 36.2. The number of carbonyl (C=O) groups is 9. The van der Waals surface area contributed by atoms with Crippen molar-refractivity contribution in [2.24, 2.45) is 33.8 Å². The molecule has 2 amide bonds. The van der Waals surface area contributed by atoms with Gasteiger partial charge >= 0.3 is 0 Å². The lowest BCUT2D eigenvalue weighted by atomic mass is 9.72. The first-order valence-electron chi connectivity index (χ1n) is 35.8. The van der Waals surface area contributed by atoms with Crippen LogP contribution in [0.1, 0.15) is 199 Å². The van der Waals surface area contributed by atoms with Crippen LogP contribution in [0.5, 0.6) is 34.5 Å². The number of hydrogen-bond acceptors (Lipinski definition) is 30. The molecule has 115 heavy (non-hydrogen) atoms. The third kappa shape index (κ3) is 24.3. The van der Waals surface area contributed by atoms with Crippen LogP contribution in [0.15, 0.2) is 36.4 Å². The molecule has 640 valence electrons. The van der Waals surface area contributed by atoms with Crippen LogP contribution in [-0.4, -0.2) is 230 Å². The van der Waals surface area contributed by atoms with Crippen molar-refractivity contribution in [1.29, 1.82) is 0 Å². The van der Waals surface area contributed by atoms with E-state index in [1.165, 1.54) is 57.5 Å². The smallest absolute Gasteiger partial charge is 0.266 e. The Balaban J connectivity index is 0.000000304. The van der Waals surface area contributed by atoms with Gasteiger partial charge < -0.3 is 108 Å². The quantitative estimate of drug-likeness (QED) is 0.0187. The maximum absolute atomic E-state index is 13.8. The van der Waals surface area contributed by atoms with Crippen LogP contribution >= 0.6 is 115 Å². The molecule has 14 atom stereocenters. The number of nitrogens with one attached hydrogen (secondary N) is 2. The van der Waals surface area contributed by atoms with Crippen molar-refractivity contribution >= 4 is 167 Å². The molecule has 19 N–H and O–H groups in total. The van der Waals surface area contributed by atoms with Gasteiger partial charge in [-0.1, -0.05) is 128 Å². The van der Waals surface area contributed by atoms with Gasteiger partial charge in [0.05, 0.1) is 107 Å². The van der Waals surface area contributed by atoms with E-state index in [0.717, 1.165) is 11.8 Å². The molecule has 0 bridgehead atoms. The van der Waals surface area contributed by atoms with Crippen LogP contribution in [0.2, 0.25) is 0 Å². The Morgan fingerprint density at radius 3 is 1.30 bits per heavy atom. The van der Waals surface area contributed by atoms with Crippen LogP contribution in [-0.2, 0) is 55.8 Å². The molecule has 4 aliphatic carbocycles. The summed E-state index contributed by atoms with van der Waals surface area (Å²) in [5.74, 6) is -7.38. The van der Waals surface area contributed by atoms with Gasteiger partial charge in [-0.2, -0.15) is 24.4 Å². The van der Waals surface area contributed by atoms with Crippen molar-refractivity contribution in [3.05, 3.63) is 103 Å². The fourth-order valence-corrected chi connectivity index (χ4v) is 16.5. The third-order valence-electron chi connectivity index (χ3n) is 19.8. The van der Waals surface area contributed by atoms with E-state index >= 15 is 0 Å². The molecular formula is C76H101Br3Cl4N6O24S2. The maximum atomic E-state index is 13.8. The fourth-order valence-electron chi connectivity index (χ4n) is 14.4. The van der Waals surface area contributed by atoms with E-state index in [-0.39, 0.29) is 121 Å². The normalized spacial score (nSPS) is 24.6. The molecule has 6 aliphatic rings. The zero-order chi connectivity index (χ0) is 87.6. The van der Waals surface area contributed by atoms with Gasteiger partial charge in [-0.3, -0.25) is 43.2 Å². The topological polar surface area (TPSA) is 519 Å². The van der Waals surface area contributed by atoms with Crippen molar-refractivity contribution in [1.82, 2.24) is 10.6 Å². The lowest BCUT2D eigenvalue weighted by Crippen LogP contribution is -2.53. The van der Waals surface area contributed by atoms with Gasteiger partial charge in [-0.05, 0) is 70.7 Å². The monoisotopic (exact) mass is 1920 g/mol. The first-order chi connectivity index (χ1) is 53.2. The predicted molar refractivity (Wildman–Crippen MR) is 446 cm³/mol. The van der Waals surface area contributed by atoms with Crippen LogP contribution in [0.25, 0.3) is 0 Å². The number of Topliss-reactive ketones (excluding diaryl/α,β-unsaturated/α-hetero) is 3. The third-order valence-corrected chi connectivity index (χ3v) is 21.7. The summed E-state index contributed by atoms with van der Waals surface area (Å²) in [5.41, 5.74) is 14.5. The number of ether oxygens (including phenoxy) is 6. The highest BCUT2D eigenvalue weighted by atomic mass is 80.9. The van der Waals surface area contributed by atoms with E-state index < -0.39 is 193 Å². The highest BCUT2D eigenvalue weighted by Crippen LogP contribution is 2.55. The Kier molecular flexibility index (Phi) is 36.4. The molecule has 2 aliphatic heterocycles. The number of ketones is 7. The van der Waals surface area contributed by atoms with Crippen LogP contribution in [0.4, 0.5) is 0 Å². The number of aliphatic hydroxyl groups is 5. The maximum Gasteiger partial charge on any atom is 0.266 e. The molecule has 39 heteroatoms. The number of methoxy groups -OCH3 is 2. The van der Waals surface area contributed by atoms with Crippen molar-refractivity contribution in [2.75, 3.05) is 50.9 Å². The van der Waals surface area contributed by atoms with E-state index in [0.29, 0.717) is 18.6 Å². The number of phenolic OH excluding ortho intramolecular Hbond substituents is 4. The summed E-state index contributed by atoms with van der Waals surface area (Å²) in [5, 5.41) is 106. The number of aliphatic hydroxyl groups excluding tert-OH is 2. The summed E-state index contributed by atoms with van der Waals surface area (Å²) >= 11 is 32.9. The number of aromatic hydroxyl groups is 4. The highest BCUT2D eigenvalue weighted by molar-refractivity contribution is 9.93. The number of thiol groups is 1. The molecule has 8 unspecified atom stereocenters. The summed E-state index contributed by atoms with van der Waals surface area (Å²) in [6.45, 7) is 16.6. The lowest BCUT2D eigenvalue weighted by molar-refractivity contribution is -0.247. The second-order valence-electron chi connectivity index (χ2n) is 30.8. The molecule has 2 fully saturated rings. The van der Waals surface area contributed by atoms with E-state index in [1.807, 2.05) is 41.5 Å². The van der Waals surface area contributed by atoms with E-state index in [1.54, 1.807) is 27.9 Å². The van der Waals surface area contributed by atoms with E-state index in [2.05, 4.69) is 67.4 Å². The minimum Gasteiger partial charge on any atom is -0.507 e. The SMILES string of the molecule is BrBr.CC(C)(C)CC(O)(CC(C)(C)C)C(=O)CBr.CN[C@@H](CS)C(N)=O.CN[C@@H](CSCC(=O)[C@]1(O)Cc2c(O)c3c(c(O)c2[C@@H](OC2CC(N)C(O)C(C)O2)C1)C(=O)c1c(OC)cccc1C3=O)C(N)=O.COc1cccc2c1C(=O)c1c(O)c3c(c(O)c1C2=O)C[C@@](O)(C(C)=O)C[C@@H]3OC1CC(N)C(O)C(C)O1.ClC(Cl)(Cl)Cl. The fraction of sp³-hybridized carbons (Fsp3) is 0.566. The summed E-state index contributed by atoms with van der Waals surface area (Å²) < 4.78 is 32.7. The second kappa shape index (κ2) is 41.6. The van der Waals surface area contributed by atoms with Gasteiger partial charge in [0.15, 0.2) is 41.5 Å². The number of phenols is 4. The molecule has 30 nitrogen and oxygen atoms in total. The summed E-state index contributed by atoms with van der Waals surface area (Å²) in [6.07, 6.45) is -8.60. The predicted octanol–water partition coefficient (Wildman–Crippen LogP) is 7.63. The minimum atomic E-state index is -2.17. The van der Waals surface area contributed by atoms with Crippen LogP contribution in [0.3, 0.4) is 0 Å². The molecule has 0 aromatic heterocycles.